The zero-order chi connectivity index (χ0) is 34.3. The minimum absolute atomic E-state index is 0.0272. The van der Waals surface area contributed by atoms with Crippen LogP contribution in [0.5, 0.6) is 0 Å². The molecule has 1 fully saturated rings. The standard InChI is InChI=1S/C34H51N9O4/c1-23(2)20-28(31(45)39-27(14-15-35)33(47)42-16-9-17-43(19-18-42)34(37)38)41-32(46)29(22-25-12-7-4-8-13-25)40-30(44)26(36)21-24-10-5-3-6-11-24/h3-8,10-13,23,26-29H,9,14-22,35-36H2,1-2H3,(H3,37,38)(H,39,45)(H,40,44)(H,41,46)/t26-,27-,28-,29-/m1/s1. The van der Waals surface area contributed by atoms with Gasteiger partial charge in [-0.3, -0.25) is 24.6 Å². The number of rotatable bonds is 15. The number of carbonyl (C=O) groups is 4. The van der Waals surface area contributed by atoms with E-state index >= 15 is 0 Å². The molecule has 2 aromatic rings. The van der Waals surface area contributed by atoms with Crippen LogP contribution in [0.25, 0.3) is 0 Å². The maximum Gasteiger partial charge on any atom is 0.245 e. The maximum atomic E-state index is 13.8. The minimum atomic E-state index is -1.00. The summed E-state index contributed by atoms with van der Waals surface area (Å²) in [5.41, 5.74) is 19.4. The second kappa shape index (κ2) is 18.6. The van der Waals surface area contributed by atoms with E-state index in [1.54, 1.807) is 9.80 Å². The fourth-order valence-corrected chi connectivity index (χ4v) is 5.57. The monoisotopic (exact) mass is 649 g/mol. The Morgan fingerprint density at radius 2 is 1.26 bits per heavy atom. The van der Waals surface area contributed by atoms with Crippen LogP contribution in [-0.2, 0) is 32.0 Å². The van der Waals surface area contributed by atoms with Crippen molar-refractivity contribution in [2.75, 3.05) is 32.7 Å². The Morgan fingerprint density at radius 1 is 0.745 bits per heavy atom. The molecule has 1 heterocycles. The zero-order valence-corrected chi connectivity index (χ0v) is 27.5. The average Bonchev–Trinajstić information content (AvgIpc) is 3.31. The van der Waals surface area contributed by atoms with E-state index in [9.17, 15) is 19.2 Å². The molecule has 1 aliphatic rings. The maximum absolute atomic E-state index is 13.8. The minimum Gasteiger partial charge on any atom is -0.370 e. The van der Waals surface area contributed by atoms with Crippen molar-refractivity contribution in [1.29, 1.82) is 5.41 Å². The Balaban J connectivity index is 1.74. The summed E-state index contributed by atoms with van der Waals surface area (Å²) in [4.78, 5) is 57.6. The highest BCUT2D eigenvalue weighted by atomic mass is 16.2. The Bertz CT molecular complexity index is 1330. The van der Waals surface area contributed by atoms with Crippen LogP contribution in [0.2, 0.25) is 0 Å². The van der Waals surface area contributed by atoms with Crippen molar-refractivity contribution in [3.8, 4) is 0 Å². The molecule has 256 valence electrons. The molecule has 4 amide bonds. The van der Waals surface area contributed by atoms with Crippen molar-refractivity contribution < 1.29 is 19.2 Å². The summed E-state index contributed by atoms with van der Waals surface area (Å²) in [6, 6.07) is 14.9. The number of carbonyl (C=O) groups excluding carboxylic acids is 4. The lowest BCUT2D eigenvalue weighted by Crippen LogP contribution is -2.59. The molecule has 13 heteroatoms. The second-order valence-electron chi connectivity index (χ2n) is 12.4. The van der Waals surface area contributed by atoms with Crippen molar-refractivity contribution in [1.82, 2.24) is 25.8 Å². The van der Waals surface area contributed by atoms with E-state index in [1.807, 2.05) is 74.5 Å². The van der Waals surface area contributed by atoms with Gasteiger partial charge in [0.15, 0.2) is 5.96 Å². The van der Waals surface area contributed by atoms with Gasteiger partial charge in [0.05, 0.1) is 6.04 Å². The lowest BCUT2D eigenvalue weighted by Gasteiger charge is -2.29. The Morgan fingerprint density at radius 3 is 1.83 bits per heavy atom. The van der Waals surface area contributed by atoms with Crippen molar-refractivity contribution in [3.63, 3.8) is 0 Å². The SMILES string of the molecule is CC(C)C[C@@H](NC(=O)[C@@H](Cc1ccccc1)NC(=O)[C@H](N)Cc1ccccc1)C(=O)N[C@H](CCN)C(=O)N1CCCN(C(=N)N)CC1. The van der Waals surface area contributed by atoms with Crippen LogP contribution in [-0.4, -0.2) is 96.3 Å². The van der Waals surface area contributed by atoms with Gasteiger partial charge in [-0.25, -0.2) is 0 Å². The van der Waals surface area contributed by atoms with E-state index < -0.39 is 41.9 Å². The molecule has 0 spiro atoms. The summed E-state index contributed by atoms with van der Waals surface area (Å²) >= 11 is 0. The van der Waals surface area contributed by atoms with Crippen LogP contribution in [0, 0.1) is 11.3 Å². The Hall–Kier alpha value is -4.49. The van der Waals surface area contributed by atoms with Crippen LogP contribution >= 0.6 is 0 Å². The highest BCUT2D eigenvalue weighted by Gasteiger charge is 2.32. The van der Waals surface area contributed by atoms with Crippen LogP contribution in [0.4, 0.5) is 0 Å². The van der Waals surface area contributed by atoms with E-state index in [-0.39, 0.29) is 37.2 Å². The van der Waals surface area contributed by atoms with Crippen molar-refractivity contribution >= 4 is 29.6 Å². The summed E-state index contributed by atoms with van der Waals surface area (Å²) in [5.74, 6) is -1.81. The summed E-state index contributed by atoms with van der Waals surface area (Å²) in [6.45, 7) is 5.82. The Kier molecular flexibility index (Phi) is 14.6. The van der Waals surface area contributed by atoms with Gasteiger partial charge in [0.1, 0.15) is 18.1 Å². The molecule has 0 unspecified atom stereocenters. The van der Waals surface area contributed by atoms with Gasteiger partial charge >= 0.3 is 0 Å². The van der Waals surface area contributed by atoms with Crippen LogP contribution in [0.15, 0.2) is 60.7 Å². The number of hydrogen-bond acceptors (Lipinski definition) is 7. The highest BCUT2D eigenvalue weighted by Crippen LogP contribution is 2.11. The highest BCUT2D eigenvalue weighted by molar-refractivity contribution is 5.95. The zero-order valence-electron chi connectivity index (χ0n) is 27.5. The largest absolute Gasteiger partial charge is 0.370 e. The van der Waals surface area contributed by atoms with Crippen molar-refractivity contribution in [2.24, 2.45) is 23.1 Å². The van der Waals surface area contributed by atoms with Gasteiger partial charge in [-0.2, -0.15) is 0 Å². The summed E-state index contributed by atoms with van der Waals surface area (Å²) in [7, 11) is 0. The topological polar surface area (TPSA) is 213 Å². The van der Waals surface area contributed by atoms with E-state index in [4.69, 9.17) is 22.6 Å². The van der Waals surface area contributed by atoms with Gasteiger partial charge in [-0.05, 0) is 49.3 Å². The van der Waals surface area contributed by atoms with Gasteiger partial charge < -0.3 is 43.0 Å². The van der Waals surface area contributed by atoms with Crippen molar-refractivity contribution in [3.05, 3.63) is 71.8 Å². The number of nitrogens with zero attached hydrogens (tertiary/aromatic N) is 2. The fraction of sp³-hybridized carbons (Fsp3) is 0.500. The molecule has 0 radical (unpaired) electrons. The average molecular weight is 650 g/mol. The third-order valence-electron chi connectivity index (χ3n) is 8.11. The number of nitrogens with two attached hydrogens (primary N) is 3. The lowest BCUT2D eigenvalue weighted by atomic mass is 10.00. The molecule has 13 nitrogen and oxygen atoms in total. The quantitative estimate of drug-likeness (QED) is 0.103. The molecule has 2 aromatic carbocycles. The second-order valence-corrected chi connectivity index (χ2v) is 12.4. The predicted molar refractivity (Wildman–Crippen MR) is 182 cm³/mol. The predicted octanol–water partition coefficient (Wildman–Crippen LogP) is 0.0762. The number of nitrogens with one attached hydrogen (secondary N) is 4. The number of hydrogen-bond donors (Lipinski definition) is 7. The van der Waals surface area contributed by atoms with Gasteiger partial charge in [-0.1, -0.05) is 74.5 Å². The molecule has 47 heavy (non-hydrogen) atoms. The van der Waals surface area contributed by atoms with Crippen LogP contribution < -0.4 is 33.2 Å². The van der Waals surface area contributed by atoms with Gasteiger partial charge in [0.2, 0.25) is 23.6 Å². The lowest BCUT2D eigenvalue weighted by molar-refractivity contribution is -0.138. The molecule has 0 aromatic heterocycles. The number of amides is 4. The smallest absolute Gasteiger partial charge is 0.245 e. The first-order chi connectivity index (χ1) is 22.5. The molecule has 0 aliphatic carbocycles. The molecule has 10 N–H and O–H groups in total. The summed E-state index contributed by atoms with van der Waals surface area (Å²) < 4.78 is 0. The number of benzene rings is 2. The van der Waals surface area contributed by atoms with E-state index in [0.29, 0.717) is 45.4 Å². The van der Waals surface area contributed by atoms with Gasteiger partial charge in [0.25, 0.3) is 0 Å². The summed E-state index contributed by atoms with van der Waals surface area (Å²) in [6.07, 6.45) is 1.63. The molecule has 0 saturated carbocycles. The van der Waals surface area contributed by atoms with E-state index in [0.717, 1.165) is 11.1 Å². The van der Waals surface area contributed by atoms with Gasteiger partial charge in [0, 0.05) is 32.6 Å². The Labute approximate surface area is 277 Å². The first-order valence-electron chi connectivity index (χ1n) is 16.3. The van der Waals surface area contributed by atoms with Crippen molar-refractivity contribution in [2.45, 2.75) is 70.1 Å². The summed E-state index contributed by atoms with van der Waals surface area (Å²) in [5, 5.41) is 16.2. The molecule has 0 bridgehead atoms. The normalized spacial score (nSPS) is 15.9. The van der Waals surface area contributed by atoms with Gasteiger partial charge in [-0.15, -0.1) is 0 Å². The third kappa shape index (κ3) is 12.0. The first-order valence-corrected chi connectivity index (χ1v) is 16.3. The number of guanidine groups is 1. The molecule has 1 aliphatic heterocycles. The molecular weight excluding hydrogens is 598 g/mol. The molecule has 1 saturated heterocycles. The van der Waals surface area contributed by atoms with Crippen LogP contribution in [0.1, 0.15) is 44.2 Å². The molecule has 3 rings (SSSR count). The first kappa shape index (κ1) is 37.0. The fourth-order valence-electron chi connectivity index (χ4n) is 5.57. The molecule has 4 atom stereocenters. The molecular formula is C34H51N9O4. The van der Waals surface area contributed by atoms with E-state index in [1.165, 1.54) is 0 Å². The third-order valence-corrected chi connectivity index (χ3v) is 8.11. The van der Waals surface area contributed by atoms with E-state index in [2.05, 4.69) is 16.0 Å². The van der Waals surface area contributed by atoms with Crippen LogP contribution in [0.3, 0.4) is 0 Å².